The van der Waals surface area contributed by atoms with Crippen LogP contribution in [0.25, 0.3) is 0 Å². The highest BCUT2D eigenvalue weighted by Crippen LogP contribution is 2.39. The van der Waals surface area contributed by atoms with Crippen molar-refractivity contribution in [3.05, 3.63) is 68.6 Å². The summed E-state index contributed by atoms with van der Waals surface area (Å²) in [5.41, 5.74) is 2.67. The fourth-order valence-corrected chi connectivity index (χ4v) is 4.71. The molecule has 4 rings (SSSR count). The van der Waals surface area contributed by atoms with Crippen LogP contribution in [0.15, 0.2) is 46.9 Å². The predicted molar refractivity (Wildman–Crippen MR) is 111 cm³/mol. The summed E-state index contributed by atoms with van der Waals surface area (Å²) < 4.78 is 13.4. The van der Waals surface area contributed by atoms with Gasteiger partial charge in [-0.15, -0.1) is 23.7 Å². The molecule has 0 spiro atoms. The zero-order valence-corrected chi connectivity index (χ0v) is 17.1. The Bertz CT molecular complexity index is 983. The monoisotopic (exact) mass is 421 g/mol. The van der Waals surface area contributed by atoms with Gasteiger partial charge in [-0.1, -0.05) is 29.5 Å². The van der Waals surface area contributed by atoms with Crippen molar-refractivity contribution < 1.29 is 9.18 Å². The number of hydrogen-bond donors (Lipinski definition) is 0. The Kier molecular flexibility index (Phi) is 5.74. The molecule has 1 aliphatic rings. The predicted octanol–water partition coefficient (Wildman–Crippen LogP) is 5.63. The van der Waals surface area contributed by atoms with E-state index < -0.39 is 0 Å². The van der Waals surface area contributed by atoms with Gasteiger partial charge in [0.15, 0.2) is 5.78 Å². The average Bonchev–Trinajstić information content (AvgIpc) is 3.34. The van der Waals surface area contributed by atoms with Crippen molar-refractivity contribution >= 4 is 51.7 Å². The van der Waals surface area contributed by atoms with Crippen molar-refractivity contribution in [3.8, 4) is 0 Å². The van der Waals surface area contributed by atoms with Gasteiger partial charge >= 0.3 is 0 Å². The Morgan fingerprint density at radius 1 is 1.26 bits per heavy atom. The molecule has 0 aliphatic carbocycles. The highest BCUT2D eigenvalue weighted by Gasteiger charge is 2.32. The maximum Gasteiger partial charge on any atom is 0.207 e. The molecule has 3 heterocycles. The van der Waals surface area contributed by atoms with Crippen molar-refractivity contribution in [1.29, 1.82) is 0 Å². The lowest BCUT2D eigenvalue weighted by atomic mass is 10.0. The Labute approximate surface area is 170 Å². The molecule has 0 saturated carbocycles. The summed E-state index contributed by atoms with van der Waals surface area (Å²) in [7, 11) is 0. The van der Waals surface area contributed by atoms with Crippen molar-refractivity contribution in [1.82, 2.24) is 4.98 Å². The first-order valence-electron chi connectivity index (χ1n) is 8.17. The first-order valence-corrected chi connectivity index (χ1v) is 9.87. The van der Waals surface area contributed by atoms with E-state index in [1.54, 1.807) is 30.4 Å². The number of Topliss-reactive ketones (excluding diaryl/α,β-unsaturated/α-hetero) is 1. The largest absolute Gasteiger partial charge is 0.294 e. The van der Waals surface area contributed by atoms with Crippen LogP contribution < -0.4 is 5.01 Å². The van der Waals surface area contributed by atoms with Crippen molar-refractivity contribution in [2.75, 3.05) is 5.01 Å². The Hall–Kier alpha value is -2.09. The first kappa shape index (κ1) is 19.7. The van der Waals surface area contributed by atoms with Gasteiger partial charge in [-0.25, -0.2) is 14.4 Å². The maximum absolute atomic E-state index is 13.4. The van der Waals surface area contributed by atoms with Crippen LogP contribution in [0.1, 0.15) is 45.2 Å². The fraction of sp³-hybridized carbons (Fsp3) is 0.211. The summed E-state index contributed by atoms with van der Waals surface area (Å²) >= 11 is 3.00. The van der Waals surface area contributed by atoms with E-state index in [-0.39, 0.29) is 30.0 Å². The summed E-state index contributed by atoms with van der Waals surface area (Å²) in [5, 5.41) is 9.38. The van der Waals surface area contributed by atoms with Crippen LogP contribution in [0.2, 0.25) is 0 Å². The average molecular weight is 422 g/mol. The summed E-state index contributed by atoms with van der Waals surface area (Å²) in [6.45, 7) is 3.38. The topological polar surface area (TPSA) is 45.6 Å². The molecule has 0 saturated heterocycles. The highest BCUT2D eigenvalue weighted by molar-refractivity contribution is 7.17. The number of hydrazone groups is 1. The number of hydrogen-bond acceptors (Lipinski definition) is 6. The molecule has 0 N–H and O–H groups in total. The Morgan fingerprint density at radius 3 is 2.59 bits per heavy atom. The van der Waals surface area contributed by atoms with Gasteiger partial charge < -0.3 is 0 Å². The molecule has 2 aromatic heterocycles. The van der Waals surface area contributed by atoms with Crippen LogP contribution in [-0.4, -0.2) is 16.5 Å². The second-order valence-electron chi connectivity index (χ2n) is 6.11. The van der Waals surface area contributed by atoms with Crippen LogP contribution in [-0.2, 0) is 0 Å². The third kappa shape index (κ3) is 3.81. The molecule has 1 atom stereocenters. The lowest BCUT2D eigenvalue weighted by molar-refractivity contribution is 0.102. The molecule has 0 bridgehead atoms. The molecule has 27 heavy (non-hydrogen) atoms. The number of ketones is 1. The summed E-state index contributed by atoms with van der Waals surface area (Å²) in [6, 6.07) is 10.5. The van der Waals surface area contributed by atoms with Crippen LogP contribution >= 0.6 is 35.1 Å². The molecule has 1 aromatic carbocycles. The number of nitrogens with zero attached hydrogens (tertiary/aromatic N) is 3. The van der Waals surface area contributed by atoms with Gasteiger partial charge in [0.2, 0.25) is 5.13 Å². The lowest BCUT2D eigenvalue weighted by Gasteiger charge is -2.21. The number of anilines is 1. The smallest absolute Gasteiger partial charge is 0.207 e. The zero-order valence-electron chi connectivity index (χ0n) is 14.7. The molecule has 140 valence electrons. The fourth-order valence-electron chi connectivity index (χ4n) is 3.03. The van der Waals surface area contributed by atoms with E-state index >= 15 is 0 Å². The second kappa shape index (κ2) is 7.88. The quantitative estimate of drug-likeness (QED) is 0.512. The summed E-state index contributed by atoms with van der Waals surface area (Å²) in [5.74, 6) is -0.257. The SMILES string of the molecule is CC(=O)c1sc(N2N=C(c3cccs3)CC2c2ccc(F)cc2)nc1C.Cl. The Balaban J connectivity index is 0.00000210. The molecule has 0 radical (unpaired) electrons. The van der Waals surface area contributed by atoms with E-state index in [9.17, 15) is 9.18 Å². The molecule has 8 heteroatoms. The van der Waals surface area contributed by atoms with E-state index in [0.29, 0.717) is 16.4 Å². The standard InChI is InChI=1S/C19H16FN3OS2.ClH/c1-11-18(12(2)24)26-19(21-11)23-16(13-5-7-14(20)8-6-13)10-15(22-23)17-4-3-9-25-17;/h3-9,16H,10H2,1-2H3;1H. The number of halogens is 2. The number of benzene rings is 1. The van der Waals surface area contributed by atoms with Crippen LogP contribution in [0.3, 0.4) is 0 Å². The van der Waals surface area contributed by atoms with Crippen molar-refractivity contribution in [2.24, 2.45) is 5.10 Å². The molecule has 1 aliphatic heterocycles. The molecular weight excluding hydrogens is 405 g/mol. The Morgan fingerprint density at radius 2 is 2.00 bits per heavy atom. The lowest BCUT2D eigenvalue weighted by Crippen LogP contribution is -2.18. The number of thiophene rings is 1. The molecule has 0 amide bonds. The van der Waals surface area contributed by atoms with Crippen molar-refractivity contribution in [2.45, 2.75) is 26.3 Å². The normalized spacial score (nSPS) is 16.2. The highest BCUT2D eigenvalue weighted by atomic mass is 35.5. The number of thiazole rings is 1. The van der Waals surface area contributed by atoms with E-state index in [1.807, 2.05) is 29.4 Å². The van der Waals surface area contributed by atoms with E-state index in [1.165, 1.54) is 23.5 Å². The second-order valence-corrected chi connectivity index (χ2v) is 8.03. The zero-order chi connectivity index (χ0) is 18.3. The van der Waals surface area contributed by atoms with Gasteiger partial charge in [-0.3, -0.25) is 4.79 Å². The maximum atomic E-state index is 13.4. The van der Waals surface area contributed by atoms with Crippen LogP contribution in [0.5, 0.6) is 0 Å². The van der Waals surface area contributed by atoms with E-state index in [0.717, 1.165) is 21.8 Å². The molecular formula is C19H17ClFN3OS2. The molecule has 0 fully saturated rings. The third-order valence-electron chi connectivity index (χ3n) is 4.27. The molecule has 3 aromatic rings. The van der Waals surface area contributed by atoms with Gasteiger partial charge in [0.05, 0.1) is 27.2 Å². The van der Waals surface area contributed by atoms with E-state index in [4.69, 9.17) is 5.10 Å². The number of aryl methyl sites for hydroxylation is 1. The number of rotatable bonds is 4. The van der Waals surface area contributed by atoms with Crippen molar-refractivity contribution in [3.63, 3.8) is 0 Å². The van der Waals surface area contributed by atoms with Crippen LogP contribution in [0.4, 0.5) is 9.52 Å². The third-order valence-corrected chi connectivity index (χ3v) is 6.44. The molecule has 1 unspecified atom stereocenters. The summed E-state index contributed by atoms with van der Waals surface area (Å²) in [6.07, 6.45) is 0.709. The first-order chi connectivity index (χ1) is 12.5. The minimum Gasteiger partial charge on any atom is -0.294 e. The minimum absolute atomic E-state index is 0. The number of aromatic nitrogens is 1. The van der Waals surface area contributed by atoms with Gasteiger partial charge in [-0.05, 0) is 36.1 Å². The molecule has 4 nitrogen and oxygen atoms in total. The van der Waals surface area contributed by atoms with Gasteiger partial charge in [-0.2, -0.15) is 5.10 Å². The van der Waals surface area contributed by atoms with Gasteiger partial charge in [0.1, 0.15) is 5.82 Å². The van der Waals surface area contributed by atoms with Gasteiger partial charge in [0, 0.05) is 13.3 Å². The summed E-state index contributed by atoms with van der Waals surface area (Å²) in [4.78, 5) is 18.1. The number of carbonyl (C=O) groups is 1. The van der Waals surface area contributed by atoms with Crippen LogP contribution in [0, 0.1) is 12.7 Å². The van der Waals surface area contributed by atoms with Gasteiger partial charge in [0.25, 0.3) is 0 Å². The van der Waals surface area contributed by atoms with E-state index in [2.05, 4.69) is 4.98 Å². The minimum atomic E-state index is -0.262. The number of carbonyl (C=O) groups excluding carboxylic acids is 1.